The van der Waals surface area contributed by atoms with Gasteiger partial charge in [0.25, 0.3) is 0 Å². The Morgan fingerprint density at radius 1 is 1.42 bits per heavy atom. The second kappa shape index (κ2) is 7.25. The van der Waals surface area contributed by atoms with Crippen LogP contribution in [0.5, 0.6) is 0 Å². The number of hydrogen-bond acceptors (Lipinski definition) is 4. The summed E-state index contributed by atoms with van der Waals surface area (Å²) in [5.74, 6) is -0.171. The van der Waals surface area contributed by atoms with E-state index in [1.165, 1.54) is 18.3 Å². The number of carbonyl (C=O) groups excluding carboxylic acids is 1. The molecule has 1 aliphatic heterocycles. The first-order chi connectivity index (χ1) is 11.5. The van der Waals surface area contributed by atoms with E-state index in [9.17, 15) is 14.3 Å². The van der Waals surface area contributed by atoms with Gasteiger partial charge in [-0.2, -0.15) is 0 Å². The molecule has 24 heavy (non-hydrogen) atoms. The Kier molecular flexibility index (Phi) is 5.08. The lowest BCUT2D eigenvalue weighted by Crippen LogP contribution is -2.34. The number of pyridine rings is 1. The Labute approximate surface area is 144 Å². The van der Waals surface area contributed by atoms with Gasteiger partial charge in [-0.05, 0) is 36.2 Å². The first-order valence-electron chi connectivity index (χ1n) is 7.60. The van der Waals surface area contributed by atoms with E-state index in [4.69, 9.17) is 11.6 Å². The molecule has 3 rings (SSSR count). The molecule has 1 aromatic heterocycles. The zero-order valence-corrected chi connectivity index (χ0v) is 13.6. The highest BCUT2D eigenvalue weighted by Gasteiger charge is 2.33. The molecule has 0 unspecified atom stereocenters. The minimum absolute atomic E-state index is 0.0859. The Balaban J connectivity index is 1.68. The average molecular weight is 350 g/mol. The number of amides is 1. The molecular formula is C17H17ClFN3O2. The number of benzene rings is 1. The lowest BCUT2D eigenvalue weighted by molar-refractivity contribution is -0.117. The van der Waals surface area contributed by atoms with Crippen molar-refractivity contribution in [2.75, 3.05) is 18.4 Å². The van der Waals surface area contributed by atoms with E-state index in [1.54, 1.807) is 24.3 Å². The molecule has 5 nitrogen and oxygen atoms in total. The smallest absolute Gasteiger partial charge is 0.239 e. The van der Waals surface area contributed by atoms with Crippen LogP contribution in [0.1, 0.15) is 18.0 Å². The number of β-amino-alcohol motifs (C(OH)–C–C–N with tert-alkyl or cyclic N) is 1. The van der Waals surface area contributed by atoms with E-state index in [0.717, 1.165) is 5.56 Å². The number of likely N-dealkylation sites (tertiary alicyclic amines) is 1. The van der Waals surface area contributed by atoms with Crippen molar-refractivity contribution in [2.24, 2.45) is 0 Å². The van der Waals surface area contributed by atoms with E-state index < -0.39 is 6.10 Å². The van der Waals surface area contributed by atoms with Crippen LogP contribution in [-0.4, -0.2) is 40.1 Å². The summed E-state index contributed by atoms with van der Waals surface area (Å²) in [6, 6.07) is 9.30. The van der Waals surface area contributed by atoms with E-state index in [0.29, 0.717) is 23.8 Å². The Hall–Kier alpha value is -2.02. The molecule has 2 aromatic rings. The quantitative estimate of drug-likeness (QED) is 0.890. The fourth-order valence-corrected chi connectivity index (χ4v) is 3.04. The van der Waals surface area contributed by atoms with Crippen molar-refractivity contribution in [3.05, 3.63) is 59.0 Å². The summed E-state index contributed by atoms with van der Waals surface area (Å²) in [6.45, 7) is 0.450. The number of hydrogen-bond donors (Lipinski definition) is 2. The van der Waals surface area contributed by atoms with E-state index >= 15 is 0 Å². The van der Waals surface area contributed by atoms with Gasteiger partial charge in [0.2, 0.25) is 5.91 Å². The fraction of sp³-hybridized carbons (Fsp3) is 0.294. The summed E-state index contributed by atoms with van der Waals surface area (Å²) in [5, 5.41) is 13.1. The second-order valence-electron chi connectivity index (χ2n) is 5.80. The number of anilines is 1. The van der Waals surface area contributed by atoms with Gasteiger partial charge >= 0.3 is 0 Å². The Bertz CT molecular complexity index is 726. The van der Waals surface area contributed by atoms with Crippen LogP contribution in [-0.2, 0) is 4.79 Å². The molecule has 0 spiro atoms. The molecule has 7 heteroatoms. The number of aliphatic hydroxyl groups is 1. The van der Waals surface area contributed by atoms with Gasteiger partial charge in [-0.15, -0.1) is 0 Å². The largest absolute Gasteiger partial charge is 0.392 e. The zero-order chi connectivity index (χ0) is 17.1. The maximum Gasteiger partial charge on any atom is 0.239 e. The summed E-state index contributed by atoms with van der Waals surface area (Å²) < 4.78 is 13.4. The van der Waals surface area contributed by atoms with Gasteiger partial charge in [-0.3, -0.25) is 9.69 Å². The number of halogens is 2. The van der Waals surface area contributed by atoms with Gasteiger partial charge in [0, 0.05) is 18.8 Å². The molecule has 1 amide bonds. The molecule has 1 aliphatic rings. The molecule has 0 aliphatic carbocycles. The Morgan fingerprint density at radius 3 is 2.96 bits per heavy atom. The number of nitrogens with one attached hydrogen (secondary N) is 1. The maximum atomic E-state index is 13.4. The van der Waals surface area contributed by atoms with Crippen molar-refractivity contribution < 1.29 is 14.3 Å². The van der Waals surface area contributed by atoms with Crippen molar-refractivity contribution in [2.45, 2.75) is 18.6 Å². The van der Waals surface area contributed by atoms with Crippen LogP contribution >= 0.6 is 11.6 Å². The van der Waals surface area contributed by atoms with Gasteiger partial charge in [0.1, 0.15) is 11.6 Å². The van der Waals surface area contributed by atoms with Crippen molar-refractivity contribution in [1.82, 2.24) is 9.88 Å². The highest BCUT2D eigenvalue weighted by Crippen LogP contribution is 2.32. The van der Waals surface area contributed by atoms with Crippen LogP contribution in [0, 0.1) is 5.82 Å². The third kappa shape index (κ3) is 4.08. The maximum absolute atomic E-state index is 13.4. The normalized spacial score (nSPS) is 21.0. The summed E-state index contributed by atoms with van der Waals surface area (Å²) in [7, 11) is 0. The van der Waals surface area contributed by atoms with Crippen molar-refractivity contribution in [3.63, 3.8) is 0 Å². The predicted molar refractivity (Wildman–Crippen MR) is 89.2 cm³/mol. The van der Waals surface area contributed by atoms with Gasteiger partial charge < -0.3 is 10.4 Å². The third-order valence-electron chi connectivity index (χ3n) is 3.96. The van der Waals surface area contributed by atoms with Crippen LogP contribution in [0.15, 0.2) is 42.6 Å². The fourth-order valence-electron chi connectivity index (χ4n) is 2.93. The first kappa shape index (κ1) is 16.8. The second-order valence-corrected chi connectivity index (χ2v) is 6.24. The molecule has 0 radical (unpaired) electrons. The molecule has 1 fully saturated rings. The molecule has 2 atom stereocenters. The lowest BCUT2D eigenvalue weighted by atomic mass is 10.0. The highest BCUT2D eigenvalue weighted by atomic mass is 35.5. The van der Waals surface area contributed by atoms with Crippen LogP contribution in [0.3, 0.4) is 0 Å². The highest BCUT2D eigenvalue weighted by molar-refractivity contribution is 6.30. The van der Waals surface area contributed by atoms with Crippen molar-refractivity contribution in [1.29, 1.82) is 0 Å². The molecule has 0 saturated carbocycles. The van der Waals surface area contributed by atoms with Crippen molar-refractivity contribution >= 4 is 23.3 Å². The summed E-state index contributed by atoms with van der Waals surface area (Å²) in [4.78, 5) is 18.1. The number of aromatic nitrogens is 1. The number of rotatable bonds is 4. The number of carbonyl (C=O) groups is 1. The number of aliphatic hydroxyl groups excluding tert-OH is 1. The van der Waals surface area contributed by atoms with Gasteiger partial charge in [-0.1, -0.05) is 23.7 Å². The molecule has 1 aromatic carbocycles. The van der Waals surface area contributed by atoms with Gasteiger partial charge in [0.15, 0.2) is 0 Å². The van der Waals surface area contributed by atoms with Crippen LogP contribution < -0.4 is 5.32 Å². The molecule has 2 N–H and O–H groups in total. The minimum Gasteiger partial charge on any atom is -0.392 e. The van der Waals surface area contributed by atoms with Crippen molar-refractivity contribution in [3.8, 4) is 0 Å². The molecular weight excluding hydrogens is 333 g/mol. The monoisotopic (exact) mass is 349 g/mol. The van der Waals surface area contributed by atoms with Gasteiger partial charge in [0.05, 0.1) is 17.7 Å². The average Bonchev–Trinajstić information content (AvgIpc) is 2.90. The van der Waals surface area contributed by atoms with Crippen LogP contribution in [0.4, 0.5) is 10.2 Å². The molecule has 126 valence electrons. The molecule has 1 saturated heterocycles. The summed E-state index contributed by atoms with van der Waals surface area (Å²) in [6.07, 6.45) is 1.38. The number of nitrogens with zero attached hydrogens (tertiary/aromatic N) is 2. The van der Waals surface area contributed by atoms with E-state index in [2.05, 4.69) is 10.3 Å². The third-order valence-corrected chi connectivity index (χ3v) is 4.18. The standard InChI is InChI=1S/C17H17ClFN3O2/c18-12-4-5-16(20-8-12)21-17(24)10-22-9-14(23)7-15(22)11-2-1-3-13(19)6-11/h1-6,8,14-15,23H,7,9-10H2,(H,20,21,24)/t14-,15-/m1/s1. The van der Waals surface area contributed by atoms with Crippen LogP contribution in [0.25, 0.3) is 0 Å². The zero-order valence-electron chi connectivity index (χ0n) is 12.8. The Morgan fingerprint density at radius 2 is 2.25 bits per heavy atom. The SMILES string of the molecule is O=C(CN1C[C@H](O)C[C@@H]1c1cccc(F)c1)Nc1ccc(Cl)cn1. The minimum atomic E-state index is -0.542. The molecule has 2 heterocycles. The predicted octanol–water partition coefficient (Wildman–Crippen LogP) is 2.62. The summed E-state index contributed by atoms with van der Waals surface area (Å²) >= 11 is 5.76. The lowest BCUT2D eigenvalue weighted by Gasteiger charge is -2.23. The van der Waals surface area contributed by atoms with E-state index in [-0.39, 0.29) is 24.3 Å². The van der Waals surface area contributed by atoms with Crippen LogP contribution in [0.2, 0.25) is 5.02 Å². The van der Waals surface area contributed by atoms with Gasteiger partial charge in [-0.25, -0.2) is 9.37 Å². The molecule has 0 bridgehead atoms. The topological polar surface area (TPSA) is 65.5 Å². The summed E-state index contributed by atoms with van der Waals surface area (Å²) in [5.41, 5.74) is 0.754. The van der Waals surface area contributed by atoms with E-state index in [1.807, 2.05) is 4.90 Å². The first-order valence-corrected chi connectivity index (χ1v) is 7.98.